The van der Waals surface area contributed by atoms with E-state index in [1.165, 1.54) is 47.0 Å². The van der Waals surface area contributed by atoms with Crippen molar-refractivity contribution in [2.24, 2.45) is 0 Å². The van der Waals surface area contributed by atoms with Gasteiger partial charge in [0.15, 0.2) is 0 Å². The second-order valence-corrected chi connectivity index (χ2v) is 9.96. The van der Waals surface area contributed by atoms with E-state index in [0.29, 0.717) is 19.4 Å². The van der Waals surface area contributed by atoms with Gasteiger partial charge in [-0.3, -0.25) is 4.79 Å². The Bertz CT molecular complexity index is 1210. The molecule has 3 aromatic rings. The van der Waals surface area contributed by atoms with Crippen LogP contribution in [-0.2, 0) is 37.0 Å². The SMILES string of the molecule is COc1ccc2c(c1)CCc1cc(CCC(=O)NCCN3CCCC3)n(CCc3cccc(F)c3)c1-2. The highest BCUT2D eigenvalue weighted by Crippen LogP contribution is 2.38. The van der Waals surface area contributed by atoms with Crippen molar-refractivity contribution in [3.8, 4) is 17.0 Å². The Morgan fingerprint density at radius 2 is 1.83 bits per heavy atom. The number of hydrogen-bond donors (Lipinski definition) is 1. The largest absolute Gasteiger partial charge is 0.497 e. The summed E-state index contributed by atoms with van der Waals surface area (Å²) in [6.07, 6.45) is 6.37. The summed E-state index contributed by atoms with van der Waals surface area (Å²) < 4.78 is 21.6. The fourth-order valence-corrected chi connectivity index (χ4v) is 5.66. The molecule has 1 fully saturated rings. The number of methoxy groups -OCH3 is 1. The van der Waals surface area contributed by atoms with Crippen LogP contribution in [0.1, 0.15) is 41.6 Å². The Balaban J connectivity index is 1.33. The van der Waals surface area contributed by atoms with E-state index >= 15 is 0 Å². The summed E-state index contributed by atoms with van der Waals surface area (Å²) in [4.78, 5) is 15.1. The van der Waals surface area contributed by atoms with Crippen LogP contribution in [0.4, 0.5) is 4.39 Å². The summed E-state index contributed by atoms with van der Waals surface area (Å²) in [5.74, 6) is 0.779. The van der Waals surface area contributed by atoms with Gasteiger partial charge in [0.2, 0.25) is 5.91 Å². The highest BCUT2D eigenvalue weighted by Gasteiger charge is 2.23. The van der Waals surface area contributed by atoms with Gasteiger partial charge in [-0.25, -0.2) is 4.39 Å². The van der Waals surface area contributed by atoms with E-state index in [0.717, 1.165) is 56.8 Å². The Morgan fingerprint density at radius 3 is 2.64 bits per heavy atom. The molecule has 0 radical (unpaired) electrons. The maximum absolute atomic E-state index is 13.8. The van der Waals surface area contributed by atoms with Crippen LogP contribution in [0.15, 0.2) is 48.5 Å². The quantitative estimate of drug-likeness (QED) is 0.446. The molecule has 1 aliphatic carbocycles. The zero-order valence-electron chi connectivity index (χ0n) is 21.2. The zero-order valence-corrected chi connectivity index (χ0v) is 21.2. The van der Waals surface area contributed by atoms with Gasteiger partial charge in [0.05, 0.1) is 12.8 Å². The number of fused-ring (bicyclic) bond motifs is 3. The number of likely N-dealkylation sites (tertiary alicyclic amines) is 1. The minimum absolute atomic E-state index is 0.107. The molecule has 1 amide bonds. The van der Waals surface area contributed by atoms with Crippen molar-refractivity contribution in [1.82, 2.24) is 14.8 Å². The Kier molecular flexibility index (Phi) is 7.71. The van der Waals surface area contributed by atoms with Gasteiger partial charge in [-0.1, -0.05) is 12.1 Å². The monoisotopic (exact) mass is 489 g/mol. The summed E-state index contributed by atoms with van der Waals surface area (Å²) in [6, 6.07) is 15.4. The molecule has 2 heterocycles. The van der Waals surface area contributed by atoms with Crippen molar-refractivity contribution in [2.75, 3.05) is 33.3 Å². The number of nitrogens with zero attached hydrogens (tertiary/aromatic N) is 2. The number of benzene rings is 2. The molecule has 1 aromatic heterocycles. The molecule has 6 heteroatoms. The Hall–Kier alpha value is -3.12. The molecular weight excluding hydrogens is 453 g/mol. The molecule has 1 saturated heterocycles. The van der Waals surface area contributed by atoms with Gasteiger partial charge in [0, 0.05) is 37.3 Å². The highest BCUT2D eigenvalue weighted by molar-refractivity contribution is 5.76. The number of aromatic nitrogens is 1. The van der Waals surface area contributed by atoms with Crippen LogP contribution in [0.3, 0.4) is 0 Å². The molecule has 36 heavy (non-hydrogen) atoms. The number of hydrogen-bond acceptors (Lipinski definition) is 3. The third kappa shape index (κ3) is 5.65. The standard InChI is InChI=1S/C30H36FN3O2/c1-36-27-10-11-28-23(21-27)7-8-24-20-26(9-12-29(35)32-14-18-33-15-2-3-16-33)34(30(24)28)17-13-22-5-4-6-25(31)19-22/h4-6,10-11,19-21H,2-3,7-9,12-18H2,1H3,(H,32,35). The lowest BCUT2D eigenvalue weighted by molar-refractivity contribution is -0.121. The van der Waals surface area contributed by atoms with Gasteiger partial charge < -0.3 is 19.5 Å². The molecule has 5 rings (SSSR count). The molecule has 1 N–H and O–H groups in total. The van der Waals surface area contributed by atoms with Crippen molar-refractivity contribution in [3.05, 3.63) is 76.7 Å². The maximum atomic E-state index is 13.8. The number of nitrogens with one attached hydrogen (secondary N) is 1. The van der Waals surface area contributed by atoms with Gasteiger partial charge >= 0.3 is 0 Å². The smallest absolute Gasteiger partial charge is 0.220 e. The van der Waals surface area contributed by atoms with E-state index in [4.69, 9.17) is 4.74 Å². The molecule has 0 bridgehead atoms. The van der Waals surface area contributed by atoms with Crippen molar-refractivity contribution in [2.45, 2.75) is 51.5 Å². The summed E-state index contributed by atoms with van der Waals surface area (Å²) in [5.41, 5.74) is 7.25. The van der Waals surface area contributed by atoms with Gasteiger partial charge in [0.25, 0.3) is 0 Å². The van der Waals surface area contributed by atoms with Crippen LogP contribution in [-0.4, -0.2) is 48.7 Å². The average Bonchev–Trinajstić information content (AvgIpc) is 3.53. The normalized spacial score (nSPS) is 14.9. The fraction of sp³-hybridized carbons (Fsp3) is 0.433. The van der Waals surface area contributed by atoms with E-state index in [9.17, 15) is 9.18 Å². The lowest BCUT2D eigenvalue weighted by Gasteiger charge is -2.21. The average molecular weight is 490 g/mol. The van der Waals surface area contributed by atoms with Crippen LogP contribution in [0.5, 0.6) is 5.75 Å². The second kappa shape index (κ2) is 11.3. The topological polar surface area (TPSA) is 46.5 Å². The molecular formula is C30H36FN3O2. The minimum atomic E-state index is -0.203. The lowest BCUT2D eigenvalue weighted by atomic mass is 9.90. The molecule has 0 saturated carbocycles. The van der Waals surface area contributed by atoms with Crippen LogP contribution in [0.2, 0.25) is 0 Å². The molecule has 0 unspecified atom stereocenters. The molecule has 5 nitrogen and oxygen atoms in total. The highest BCUT2D eigenvalue weighted by atomic mass is 19.1. The molecule has 2 aliphatic rings. The van der Waals surface area contributed by atoms with E-state index in [2.05, 4.69) is 33.0 Å². The lowest BCUT2D eigenvalue weighted by Crippen LogP contribution is -2.33. The van der Waals surface area contributed by atoms with Gasteiger partial charge in [0.1, 0.15) is 11.6 Å². The number of rotatable bonds is 10. The van der Waals surface area contributed by atoms with E-state index in [1.54, 1.807) is 19.2 Å². The number of ether oxygens (including phenoxy) is 1. The third-order valence-electron chi connectivity index (χ3n) is 7.56. The van der Waals surface area contributed by atoms with E-state index in [1.807, 2.05) is 12.1 Å². The Labute approximate surface area is 213 Å². The first kappa shape index (κ1) is 24.6. The van der Waals surface area contributed by atoms with E-state index in [-0.39, 0.29) is 11.7 Å². The molecule has 0 atom stereocenters. The summed E-state index contributed by atoms with van der Waals surface area (Å²) in [6.45, 7) is 4.69. The maximum Gasteiger partial charge on any atom is 0.220 e. The summed E-state index contributed by atoms with van der Waals surface area (Å²) >= 11 is 0. The van der Waals surface area contributed by atoms with Crippen LogP contribution in [0.25, 0.3) is 11.3 Å². The predicted molar refractivity (Wildman–Crippen MR) is 141 cm³/mol. The van der Waals surface area contributed by atoms with Gasteiger partial charge in [-0.05, 0) is 105 Å². The van der Waals surface area contributed by atoms with E-state index < -0.39 is 0 Å². The number of halogens is 1. The third-order valence-corrected chi connectivity index (χ3v) is 7.56. The van der Waals surface area contributed by atoms with Crippen LogP contribution >= 0.6 is 0 Å². The molecule has 2 aromatic carbocycles. The Morgan fingerprint density at radius 1 is 1.00 bits per heavy atom. The van der Waals surface area contributed by atoms with Crippen LogP contribution < -0.4 is 10.1 Å². The van der Waals surface area contributed by atoms with Crippen molar-refractivity contribution in [1.29, 1.82) is 0 Å². The van der Waals surface area contributed by atoms with Crippen molar-refractivity contribution < 1.29 is 13.9 Å². The van der Waals surface area contributed by atoms with Gasteiger partial charge in [-0.15, -0.1) is 0 Å². The minimum Gasteiger partial charge on any atom is -0.497 e. The van der Waals surface area contributed by atoms with Crippen LogP contribution in [0, 0.1) is 5.82 Å². The number of aryl methyl sites for hydroxylation is 4. The summed E-state index contributed by atoms with van der Waals surface area (Å²) in [5, 5.41) is 3.11. The zero-order chi connectivity index (χ0) is 24.9. The fourth-order valence-electron chi connectivity index (χ4n) is 5.66. The molecule has 0 spiro atoms. The number of carbonyl (C=O) groups excluding carboxylic acids is 1. The first-order chi connectivity index (χ1) is 17.6. The summed E-state index contributed by atoms with van der Waals surface area (Å²) in [7, 11) is 1.70. The molecule has 190 valence electrons. The van der Waals surface area contributed by atoms with Crippen molar-refractivity contribution in [3.63, 3.8) is 0 Å². The van der Waals surface area contributed by atoms with Crippen molar-refractivity contribution >= 4 is 5.91 Å². The predicted octanol–water partition coefficient (Wildman–Crippen LogP) is 4.79. The number of amides is 1. The number of carbonyl (C=O) groups is 1. The first-order valence-electron chi connectivity index (χ1n) is 13.2. The first-order valence-corrected chi connectivity index (χ1v) is 13.2. The second-order valence-electron chi connectivity index (χ2n) is 9.96. The molecule has 1 aliphatic heterocycles. The van der Waals surface area contributed by atoms with Gasteiger partial charge in [-0.2, -0.15) is 0 Å².